The molecule has 4 aromatic rings. The highest BCUT2D eigenvalue weighted by molar-refractivity contribution is 7.14. The van der Waals surface area contributed by atoms with Crippen LogP contribution in [0.4, 0.5) is 5.13 Å². The summed E-state index contributed by atoms with van der Waals surface area (Å²) < 4.78 is 7.12. The van der Waals surface area contributed by atoms with Gasteiger partial charge in [0.15, 0.2) is 5.13 Å². The van der Waals surface area contributed by atoms with Gasteiger partial charge in [0.05, 0.1) is 36.2 Å². The van der Waals surface area contributed by atoms with Crippen LogP contribution in [0.25, 0.3) is 0 Å². The number of nitrogens with one attached hydrogen (secondary N) is 2. The zero-order valence-electron chi connectivity index (χ0n) is 18.7. The van der Waals surface area contributed by atoms with Crippen molar-refractivity contribution in [1.29, 1.82) is 0 Å². The molecule has 0 atom stereocenters. The smallest absolute Gasteiger partial charge is 0.260 e. The maximum Gasteiger partial charge on any atom is 0.260 e. The lowest BCUT2D eigenvalue weighted by Gasteiger charge is -2.07. The SMILES string of the molecule is Cc1nn(Cc2ccccc2)c(C)c1CNC(=O)Cc1csc(NC(=O)c2ccoc2C)n1. The van der Waals surface area contributed by atoms with Gasteiger partial charge in [-0.15, -0.1) is 11.3 Å². The first kappa shape index (κ1) is 22.5. The maximum atomic E-state index is 12.5. The quantitative estimate of drug-likeness (QED) is 0.411. The van der Waals surface area contributed by atoms with E-state index in [0.29, 0.717) is 35.2 Å². The summed E-state index contributed by atoms with van der Waals surface area (Å²) in [7, 11) is 0. The second kappa shape index (κ2) is 9.83. The van der Waals surface area contributed by atoms with Crippen LogP contribution < -0.4 is 10.6 Å². The predicted molar refractivity (Wildman–Crippen MR) is 126 cm³/mol. The molecule has 3 heterocycles. The summed E-state index contributed by atoms with van der Waals surface area (Å²) in [5.41, 5.74) is 5.18. The van der Waals surface area contributed by atoms with E-state index in [1.807, 2.05) is 36.7 Å². The summed E-state index contributed by atoms with van der Waals surface area (Å²) in [6.07, 6.45) is 1.60. The molecule has 0 bridgehead atoms. The van der Waals surface area contributed by atoms with Gasteiger partial charge in [-0.1, -0.05) is 30.3 Å². The standard InChI is InChI=1S/C24H25N5O3S/c1-15-21(16(2)29(28-15)13-18-7-5-4-6-8-18)12-25-22(30)11-19-14-33-24(26-19)27-23(31)20-9-10-32-17(20)3/h4-10,14H,11-13H2,1-3H3,(H,25,30)(H,26,27,31). The average molecular weight is 464 g/mol. The first-order valence-electron chi connectivity index (χ1n) is 10.5. The Labute approximate surface area is 195 Å². The first-order chi connectivity index (χ1) is 15.9. The van der Waals surface area contributed by atoms with Gasteiger partial charge in [-0.2, -0.15) is 5.10 Å². The van der Waals surface area contributed by atoms with Crippen molar-refractivity contribution in [2.24, 2.45) is 0 Å². The lowest BCUT2D eigenvalue weighted by Crippen LogP contribution is -2.25. The number of hydrogen-bond acceptors (Lipinski definition) is 6. The minimum atomic E-state index is -0.287. The van der Waals surface area contributed by atoms with Crippen LogP contribution in [0, 0.1) is 20.8 Å². The molecular formula is C24H25N5O3S. The summed E-state index contributed by atoms with van der Waals surface area (Å²) in [6, 6.07) is 11.8. The number of carbonyl (C=O) groups excluding carboxylic acids is 2. The molecule has 0 unspecified atom stereocenters. The van der Waals surface area contributed by atoms with Crippen LogP contribution in [-0.2, 0) is 24.3 Å². The van der Waals surface area contributed by atoms with E-state index in [2.05, 4.69) is 32.8 Å². The Balaban J connectivity index is 1.32. The summed E-state index contributed by atoms with van der Waals surface area (Å²) in [4.78, 5) is 29.1. The third-order valence-corrected chi connectivity index (χ3v) is 6.19. The van der Waals surface area contributed by atoms with Crippen molar-refractivity contribution < 1.29 is 14.0 Å². The molecule has 8 nitrogen and oxygen atoms in total. The minimum Gasteiger partial charge on any atom is -0.469 e. The molecule has 0 aliphatic rings. The number of hydrogen-bond donors (Lipinski definition) is 2. The highest BCUT2D eigenvalue weighted by Crippen LogP contribution is 2.19. The number of anilines is 1. The fraction of sp³-hybridized carbons (Fsp3) is 0.250. The second-order valence-corrected chi connectivity index (χ2v) is 8.59. The molecule has 9 heteroatoms. The van der Waals surface area contributed by atoms with Crippen LogP contribution in [-0.4, -0.2) is 26.6 Å². The van der Waals surface area contributed by atoms with Crippen LogP contribution >= 0.6 is 11.3 Å². The number of thiazole rings is 1. The van der Waals surface area contributed by atoms with Crippen LogP contribution in [0.5, 0.6) is 0 Å². The summed E-state index contributed by atoms with van der Waals surface area (Å²) in [5, 5.41) is 12.5. The van der Waals surface area contributed by atoms with E-state index in [1.165, 1.54) is 23.2 Å². The van der Waals surface area contributed by atoms with E-state index in [9.17, 15) is 9.59 Å². The van der Waals surface area contributed by atoms with Gasteiger partial charge in [0.25, 0.3) is 5.91 Å². The fourth-order valence-electron chi connectivity index (χ4n) is 3.54. The molecule has 0 fully saturated rings. The van der Waals surface area contributed by atoms with E-state index < -0.39 is 0 Å². The van der Waals surface area contributed by atoms with Crippen molar-refractivity contribution in [1.82, 2.24) is 20.1 Å². The van der Waals surface area contributed by atoms with E-state index in [4.69, 9.17) is 4.42 Å². The summed E-state index contributed by atoms with van der Waals surface area (Å²) >= 11 is 1.28. The number of aromatic nitrogens is 3. The number of carbonyl (C=O) groups is 2. The Morgan fingerprint density at radius 2 is 1.91 bits per heavy atom. The molecule has 0 saturated carbocycles. The maximum absolute atomic E-state index is 12.5. The average Bonchev–Trinajstić information content (AvgIpc) is 3.48. The minimum absolute atomic E-state index is 0.132. The van der Waals surface area contributed by atoms with Crippen molar-refractivity contribution in [2.75, 3.05) is 5.32 Å². The Bertz CT molecular complexity index is 1270. The first-order valence-corrected chi connectivity index (χ1v) is 11.4. The predicted octanol–water partition coefficient (Wildman–Crippen LogP) is 4.02. The number of aryl methyl sites for hydroxylation is 2. The summed E-state index contributed by atoms with van der Waals surface area (Å²) in [5.74, 6) is 0.116. The van der Waals surface area contributed by atoms with Crippen molar-refractivity contribution in [3.8, 4) is 0 Å². The number of benzene rings is 1. The Morgan fingerprint density at radius 3 is 2.64 bits per heavy atom. The van der Waals surface area contributed by atoms with E-state index >= 15 is 0 Å². The number of furan rings is 1. The molecule has 2 amide bonds. The van der Waals surface area contributed by atoms with Crippen molar-refractivity contribution in [3.63, 3.8) is 0 Å². The molecule has 33 heavy (non-hydrogen) atoms. The van der Waals surface area contributed by atoms with Gasteiger partial charge < -0.3 is 9.73 Å². The highest BCUT2D eigenvalue weighted by atomic mass is 32.1. The Morgan fingerprint density at radius 1 is 1.12 bits per heavy atom. The molecule has 0 radical (unpaired) electrons. The van der Waals surface area contributed by atoms with Crippen molar-refractivity contribution in [2.45, 2.75) is 40.3 Å². The Kier molecular flexibility index (Phi) is 6.69. The number of amides is 2. The normalized spacial score (nSPS) is 10.9. The molecule has 0 aliphatic heterocycles. The molecule has 2 N–H and O–H groups in total. The van der Waals surface area contributed by atoms with Crippen LogP contribution in [0.2, 0.25) is 0 Å². The number of nitrogens with zero attached hydrogens (tertiary/aromatic N) is 3. The highest BCUT2D eigenvalue weighted by Gasteiger charge is 2.16. The van der Waals surface area contributed by atoms with Crippen LogP contribution in [0.1, 0.15) is 44.3 Å². The molecule has 0 aliphatic carbocycles. The topological polar surface area (TPSA) is 102 Å². The monoisotopic (exact) mass is 463 g/mol. The van der Waals surface area contributed by atoms with Crippen molar-refractivity contribution >= 4 is 28.3 Å². The largest absolute Gasteiger partial charge is 0.469 e. The Hall–Kier alpha value is -3.72. The van der Waals surface area contributed by atoms with Gasteiger partial charge in [0, 0.05) is 23.2 Å². The summed E-state index contributed by atoms with van der Waals surface area (Å²) in [6.45, 7) is 6.78. The third kappa shape index (κ3) is 5.38. The zero-order valence-corrected chi connectivity index (χ0v) is 19.5. The number of rotatable bonds is 8. The molecule has 1 aromatic carbocycles. The molecule has 0 saturated heterocycles. The van der Waals surface area contributed by atoms with E-state index in [-0.39, 0.29) is 18.2 Å². The third-order valence-electron chi connectivity index (χ3n) is 5.39. The van der Waals surface area contributed by atoms with Gasteiger partial charge in [-0.3, -0.25) is 19.6 Å². The molecular weight excluding hydrogens is 438 g/mol. The fourth-order valence-corrected chi connectivity index (χ4v) is 4.25. The van der Waals surface area contributed by atoms with Gasteiger partial charge in [-0.05, 0) is 32.4 Å². The molecule has 0 spiro atoms. The lowest BCUT2D eigenvalue weighted by atomic mass is 10.2. The van der Waals surface area contributed by atoms with Gasteiger partial charge in [0.1, 0.15) is 5.76 Å². The molecule has 4 rings (SSSR count). The second-order valence-electron chi connectivity index (χ2n) is 7.73. The van der Waals surface area contributed by atoms with Gasteiger partial charge in [0.2, 0.25) is 5.91 Å². The van der Waals surface area contributed by atoms with E-state index in [0.717, 1.165) is 17.0 Å². The van der Waals surface area contributed by atoms with Gasteiger partial charge in [-0.25, -0.2) is 4.98 Å². The molecule has 170 valence electrons. The lowest BCUT2D eigenvalue weighted by molar-refractivity contribution is -0.120. The van der Waals surface area contributed by atoms with Crippen LogP contribution in [0.3, 0.4) is 0 Å². The van der Waals surface area contributed by atoms with Gasteiger partial charge >= 0.3 is 0 Å². The zero-order chi connectivity index (χ0) is 23.4. The van der Waals surface area contributed by atoms with Crippen molar-refractivity contribution in [3.05, 3.63) is 87.6 Å². The van der Waals surface area contributed by atoms with Crippen LogP contribution in [0.15, 0.2) is 52.5 Å². The van der Waals surface area contributed by atoms with E-state index in [1.54, 1.807) is 18.4 Å². The molecule has 3 aromatic heterocycles.